The molecule has 0 rings (SSSR count). The van der Waals surface area contributed by atoms with Gasteiger partial charge in [0.2, 0.25) is 0 Å². The van der Waals surface area contributed by atoms with E-state index in [4.69, 9.17) is 4.74 Å². The molecule has 0 aliphatic carbocycles. The molecule has 0 saturated heterocycles. The van der Waals surface area contributed by atoms with E-state index in [-0.39, 0.29) is 5.75 Å². The minimum Gasteiger partial charge on any atom is -0.385 e. The highest BCUT2D eigenvalue weighted by atomic mass is 32.2. The summed E-state index contributed by atoms with van der Waals surface area (Å²) in [6.45, 7) is 5.75. The third-order valence-corrected chi connectivity index (χ3v) is 4.46. The Kier molecular flexibility index (Phi) is 9.78. The van der Waals surface area contributed by atoms with Crippen LogP contribution in [0.5, 0.6) is 0 Å². The zero-order valence-corrected chi connectivity index (χ0v) is 12.2. The fraction of sp³-hybridized carbons (Fsp3) is 1.00. The molecular formula is C12H27NO3S. The van der Waals surface area contributed by atoms with Gasteiger partial charge in [0.1, 0.15) is 9.84 Å². The summed E-state index contributed by atoms with van der Waals surface area (Å²) in [5.41, 5.74) is 0. The van der Waals surface area contributed by atoms with Gasteiger partial charge >= 0.3 is 0 Å². The Labute approximate surface area is 106 Å². The van der Waals surface area contributed by atoms with Crippen LogP contribution in [-0.4, -0.2) is 46.2 Å². The summed E-state index contributed by atoms with van der Waals surface area (Å²) in [5.74, 6) is 0.548. The highest BCUT2D eigenvalue weighted by Crippen LogP contribution is 2.03. The number of hydrogen-bond donors (Lipinski definition) is 1. The van der Waals surface area contributed by atoms with Crippen molar-refractivity contribution in [2.45, 2.75) is 45.6 Å². The molecule has 0 bridgehead atoms. The largest absolute Gasteiger partial charge is 0.385 e. The van der Waals surface area contributed by atoms with Gasteiger partial charge in [0, 0.05) is 19.8 Å². The first-order chi connectivity index (χ1) is 8.02. The Bertz CT molecular complexity index is 265. The predicted octanol–water partition coefficient (Wildman–Crippen LogP) is 1.61. The molecule has 0 fully saturated rings. The van der Waals surface area contributed by atoms with E-state index in [0.29, 0.717) is 24.8 Å². The Morgan fingerprint density at radius 1 is 1.24 bits per heavy atom. The van der Waals surface area contributed by atoms with Crippen molar-refractivity contribution in [2.75, 3.05) is 31.8 Å². The van der Waals surface area contributed by atoms with Crippen LogP contribution in [0.1, 0.15) is 39.5 Å². The van der Waals surface area contributed by atoms with Crippen LogP contribution in [0.2, 0.25) is 0 Å². The molecule has 0 aromatic heterocycles. The predicted molar refractivity (Wildman–Crippen MR) is 72.1 cm³/mol. The van der Waals surface area contributed by atoms with Crippen LogP contribution in [0.3, 0.4) is 0 Å². The SMILES string of the molecule is CCCNC(C)CCCS(=O)(=O)CCCOC. The molecule has 0 radical (unpaired) electrons. The Hall–Kier alpha value is -0.130. The zero-order chi connectivity index (χ0) is 13.1. The highest BCUT2D eigenvalue weighted by molar-refractivity contribution is 7.91. The molecule has 4 nitrogen and oxygen atoms in total. The van der Waals surface area contributed by atoms with E-state index in [0.717, 1.165) is 25.8 Å². The lowest BCUT2D eigenvalue weighted by atomic mass is 10.2. The van der Waals surface area contributed by atoms with Crippen LogP contribution in [0.15, 0.2) is 0 Å². The molecule has 1 N–H and O–H groups in total. The van der Waals surface area contributed by atoms with Gasteiger partial charge in [-0.15, -0.1) is 0 Å². The summed E-state index contributed by atoms with van der Waals surface area (Å²) in [6, 6.07) is 0.407. The van der Waals surface area contributed by atoms with E-state index in [9.17, 15) is 8.42 Å². The van der Waals surface area contributed by atoms with E-state index >= 15 is 0 Å². The fourth-order valence-electron chi connectivity index (χ4n) is 1.63. The van der Waals surface area contributed by atoms with Crippen molar-refractivity contribution in [3.63, 3.8) is 0 Å². The van der Waals surface area contributed by atoms with E-state index in [1.54, 1.807) is 7.11 Å². The lowest BCUT2D eigenvalue weighted by Gasteiger charge is -2.12. The van der Waals surface area contributed by atoms with Gasteiger partial charge in [-0.25, -0.2) is 8.42 Å². The van der Waals surface area contributed by atoms with Crippen LogP contribution in [0, 0.1) is 0 Å². The van der Waals surface area contributed by atoms with Gasteiger partial charge in [-0.3, -0.25) is 0 Å². The average Bonchev–Trinajstić information content (AvgIpc) is 2.26. The number of methoxy groups -OCH3 is 1. The molecule has 17 heavy (non-hydrogen) atoms. The second kappa shape index (κ2) is 9.85. The topological polar surface area (TPSA) is 55.4 Å². The smallest absolute Gasteiger partial charge is 0.150 e. The van der Waals surface area contributed by atoms with Gasteiger partial charge in [0.25, 0.3) is 0 Å². The Balaban J connectivity index is 3.64. The number of nitrogens with one attached hydrogen (secondary N) is 1. The van der Waals surface area contributed by atoms with Crippen LogP contribution in [0.25, 0.3) is 0 Å². The summed E-state index contributed by atoms with van der Waals surface area (Å²) in [4.78, 5) is 0. The average molecular weight is 265 g/mol. The van der Waals surface area contributed by atoms with Gasteiger partial charge in [-0.1, -0.05) is 6.92 Å². The second-order valence-electron chi connectivity index (χ2n) is 4.50. The van der Waals surface area contributed by atoms with Crippen molar-refractivity contribution in [1.82, 2.24) is 5.32 Å². The summed E-state index contributed by atoms with van der Waals surface area (Å²) < 4.78 is 28.1. The van der Waals surface area contributed by atoms with Gasteiger partial charge in [0.15, 0.2) is 0 Å². The van der Waals surface area contributed by atoms with Crippen LogP contribution < -0.4 is 5.32 Å². The number of rotatable bonds is 11. The molecule has 5 heteroatoms. The minimum atomic E-state index is -2.88. The van der Waals surface area contributed by atoms with Crippen molar-refractivity contribution in [3.05, 3.63) is 0 Å². The monoisotopic (exact) mass is 265 g/mol. The molecule has 0 spiro atoms. The normalized spacial score (nSPS) is 13.8. The second-order valence-corrected chi connectivity index (χ2v) is 6.80. The maximum absolute atomic E-state index is 11.6. The zero-order valence-electron chi connectivity index (χ0n) is 11.4. The molecule has 0 aliphatic heterocycles. The summed E-state index contributed by atoms with van der Waals surface area (Å²) >= 11 is 0. The van der Waals surface area contributed by atoms with Crippen molar-refractivity contribution in [3.8, 4) is 0 Å². The molecule has 1 unspecified atom stereocenters. The van der Waals surface area contributed by atoms with E-state index in [2.05, 4.69) is 19.2 Å². The molecule has 0 saturated carbocycles. The number of ether oxygens (including phenoxy) is 1. The van der Waals surface area contributed by atoms with Gasteiger partial charge in [0.05, 0.1) is 11.5 Å². The quantitative estimate of drug-likeness (QED) is 0.577. The van der Waals surface area contributed by atoms with E-state index < -0.39 is 9.84 Å². The lowest BCUT2D eigenvalue weighted by molar-refractivity contribution is 0.199. The molecule has 104 valence electrons. The number of hydrogen-bond acceptors (Lipinski definition) is 4. The van der Waals surface area contributed by atoms with Crippen molar-refractivity contribution in [1.29, 1.82) is 0 Å². The van der Waals surface area contributed by atoms with E-state index in [1.807, 2.05) is 0 Å². The maximum Gasteiger partial charge on any atom is 0.150 e. The molecule has 0 aromatic carbocycles. The minimum absolute atomic E-state index is 0.248. The van der Waals surface area contributed by atoms with E-state index in [1.165, 1.54) is 0 Å². The lowest BCUT2D eigenvalue weighted by Crippen LogP contribution is -2.27. The van der Waals surface area contributed by atoms with Gasteiger partial charge in [-0.2, -0.15) is 0 Å². The molecule has 0 aliphatic rings. The fourth-order valence-corrected chi connectivity index (χ4v) is 3.00. The first kappa shape index (κ1) is 16.9. The Morgan fingerprint density at radius 3 is 2.47 bits per heavy atom. The summed E-state index contributed by atoms with van der Waals surface area (Å²) in [6.07, 6.45) is 3.37. The third-order valence-electron chi connectivity index (χ3n) is 2.64. The summed E-state index contributed by atoms with van der Waals surface area (Å²) in [7, 11) is -1.29. The first-order valence-electron chi connectivity index (χ1n) is 6.44. The summed E-state index contributed by atoms with van der Waals surface area (Å²) in [5, 5.41) is 3.36. The van der Waals surface area contributed by atoms with Gasteiger partial charge < -0.3 is 10.1 Å². The van der Waals surface area contributed by atoms with Crippen molar-refractivity contribution >= 4 is 9.84 Å². The Morgan fingerprint density at radius 2 is 1.88 bits per heavy atom. The third kappa shape index (κ3) is 10.7. The number of sulfone groups is 1. The van der Waals surface area contributed by atoms with Crippen molar-refractivity contribution < 1.29 is 13.2 Å². The molecular weight excluding hydrogens is 238 g/mol. The van der Waals surface area contributed by atoms with Crippen LogP contribution >= 0.6 is 0 Å². The highest BCUT2D eigenvalue weighted by Gasteiger charge is 2.11. The molecule has 0 heterocycles. The van der Waals surface area contributed by atoms with Gasteiger partial charge in [-0.05, 0) is 39.2 Å². The van der Waals surface area contributed by atoms with Crippen LogP contribution in [0.4, 0.5) is 0 Å². The standard InChI is InChI=1S/C12H27NO3S/c1-4-8-13-12(2)7-5-10-17(14,15)11-6-9-16-3/h12-13H,4-11H2,1-3H3. The first-order valence-corrected chi connectivity index (χ1v) is 8.26. The maximum atomic E-state index is 11.6. The van der Waals surface area contributed by atoms with Crippen LogP contribution in [-0.2, 0) is 14.6 Å². The molecule has 1 atom stereocenters. The van der Waals surface area contributed by atoms with Crippen molar-refractivity contribution in [2.24, 2.45) is 0 Å². The molecule has 0 aromatic rings. The molecule has 0 amide bonds.